The first-order valence-electron chi connectivity index (χ1n) is 3.17. The summed E-state index contributed by atoms with van der Waals surface area (Å²) in [7, 11) is 0. The maximum atomic E-state index is 10.2. The quantitative estimate of drug-likeness (QED) is 0.748. The Morgan fingerprint density at radius 1 is 1.25 bits per heavy atom. The fourth-order valence-electron chi connectivity index (χ4n) is 0.778. The van der Waals surface area contributed by atoms with Crippen LogP contribution in [0.5, 0.6) is 0 Å². The minimum absolute atomic E-state index is 0. The normalized spacial score (nSPS) is 11.4. The molecule has 0 aliphatic carbocycles. The number of carboxylic acid groups (broad SMARTS) is 1. The summed E-state index contributed by atoms with van der Waals surface area (Å²) in [5.74, 6) is -1.23. The van der Waals surface area contributed by atoms with Gasteiger partial charge in [0.15, 0.2) is 6.10 Å². The molecule has 0 fully saturated rings. The summed E-state index contributed by atoms with van der Waals surface area (Å²) in [6.45, 7) is 0. The molecule has 0 bridgehead atoms. The van der Waals surface area contributed by atoms with Gasteiger partial charge in [0, 0.05) is 0 Å². The molecule has 0 saturated heterocycles. The van der Waals surface area contributed by atoms with Gasteiger partial charge in [-0.05, 0) is 5.56 Å². The Morgan fingerprint density at radius 3 is 2.17 bits per heavy atom. The van der Waals surface area contributed by atoms with Gasteiger partial charge in [0.05, 0.1) is 0 Å². The van der Waals surface area contributed by atoms with Crippen LogP contribution >= 0.6 is 0 Å². The van der Waals surface area contributed by atoms with Gasteiger partial charge < -0.3 is 10.2 Å². The number of hydrogen-bond acceptors (Lipinski definition) is 2. The number of carboxylic acids is 1. The van der Waals surface area contributed by atoms with Gasteiger partial charge in [0.2, 0.25) is 0 Å². The van der Waals surface area contributed by atoms with E-state index in [1.54, 1.807) is 30.3 Å². The van der Waals surface area contributed by atoms with Gasteiger partial charge in [0.25, 0.3) is 0 Å². The van der Waals surface area contributed by atoms with Gasteiger partial charge in [-0.25, -0.2) is 4.79 Å². The van der Waals surface area contributed by atoms with Crippen LogP contribution < -0.4 is 0 Å². The van der Waals surface area contributed by atoms with E-state index < -0.39 is 12.1 Å². The molecule has 4 heteroatoms. The zero-order chi connectivity index (χ0) is 8.27. The molecule has 3 nitrogen and oxygen atoms in total. The fourth-order valence-corrected chi connectivity index (χ4v) is 0.778. The van der Waals surface area contributed by atoms with Gasteiger partial charge in [0.1, 0.15) is 0 Å². The summed E-state index contributed by atoms with van der Waals surface area (Å²) in [6, 6.07) is 8.26. The first kappa shape index (κ1) is 12.2. The second-order valence-electron chi connectivity index (χ2n) is 2.15. The molecule has 1 rings (SSSR count). The van der Waals surface area contributed by atoms with Crippen LogP contribution in [0.3, 0.4) is 0 Å². The Kier molecular flexibility index (Phi) is 5.90. The van der Waals surface area contributed by atoms with Crippen molar-refractivity contribution in [2.24, 2.45) is 0 Å². The molecule has 12 heavy (non-hydrogen) atoms. The van der Waals surface area contributed by atoms with Crippen molar-refractivity contribution in [2.75, 3.05) is 0 Å². The van der Waals surface area contributed by atoms with Crippen molar-refractivity contribution in [3.63, 3.8) is 0 Å². The number of benzene rings is 1. The molecule has 0 radical (unpaired) electrons. The van der Waals surface area contributed by atoms with Crippen LogP contribution in [0.25, 0.3) is 0 Å². The molecule has 1 atom stereocenters. The number of aliphatic hydroxyl groups is 1. The van der Waals surface area contributed by atoms with Gasteiger partial charge in [-0.1, -0.05) is 30.3 Å². The van der Waals surface area contributed by atoms with E-state index >= 15 is 0 Å². The van der Waals surface area contributed by atoms with Crippen molar-refractivity contribution in [2.45, 2.75) is 6.10 Å². The molecule has 0 amide bonds. The van der Waals surface area contributed by atoms with Crippen molar-refractivity contribution in [3.8, 4) is 0 Å². The topological polar surface area (TPSA) is 57.5 Å². The summed E-state index contributed by atoms with van der Waals surface area (Å²) < 4.78 is 0. The molecule has 1 aromatic rings. The Balaban J connectivity index is 0.00000121. The molecule has 0 aliphatic heterocycles. The van der Waals surface area contributed by atoms with E-state index in [1.165, 1.54) is 0 Å². The third-order valence-corrected chi connectivity index (χ3v) is 1.35. The van der Waals surface area contributed by atoms with Crippen LogP contribution in [0.1, 0.15) is 11.7 Å². The molecule has 0 heterocycles. The van der Waals surface area contributed by atoms with Crippen molar-refractivity contribution in [1.82, 2.24) is 0 Å². The zero-order valence-corrected chi connectivity index (χ0v) is 5.77. The van der Waals surface area contributed by atoms with Crippen LogP contribution in [0.2, 0.25) is 0 Å². The van der Waals surface area contributed by atoms with Gasteiger partial charge >= 0.3 is 54.9 Å². The number of aliphatic carboxylic acids is 1. The van der Waals surface area contributed by atoms with E-state index in [4.69, 9.17) is 10.2 Å². The summed E-state index contributed by atoms with van der Waals surface area (Å²) in [4.78, 5) is 10.2. The van der Waals surface area contributed by atoms with Gasteiger partial charge in [-0.15, -0.1) is 0 Å². The average molecular weight is 291 g/mol. The molecule has 0 aromatic heterocycles. The summed E-state index contributed by atoms with van der Waals surface area (Å²) in [5.41, 5.74) is 0.403. The zero-order valence-electron chi connectivity index (χ0n) is 5.77. The van der Waals surface area contributed by atoms with Crippen molar-refractivity contribution >= 4 is 54.9 Å². The van der Waals surface area contributed by atoms with Crippen molar-refractivity contribution in [1.29, 1.82) is 0 Å². The summed E-state index contributed by atoms with van der Waals surface area (Å²) in [6.07, 6.45) is -1.41. The first-order valence-corrected chi connectivity index (χ1v) is 3.17. The van der Waals surface area contributed by atoms with E-state index in [1.807, 2.05) is 0 Å². The number of rotatable bonds is 2. The number of hydrogen-bond donors (Lipinski definition) is 2. The minimum atomic E-state index is -1.41. The van der Waals surface area contributed by atoms with Crippen molar-refractivity contribution in [3.05, 3.63) is 35.9 Å². The SMILES string of the molecule is O=C(O)C(O)c1ccccc1.[BaH2]. The third kappa shape index (κ3) is 3.30. The fraction of sp³-hybridized carbons (Fsp3) is 0.125. The van der Waals surface area contributed by atoms with Crippen LogP contribution in [0.15, 0.2) is 30.3 Å². The van der Waals surface area contributed by atoms with E-state index in [0.29, 0.717) is 5.56 Å². The predicted molar refractivity (Wildman–Crippen MR) is 47.6 cm³/mol. The molecule has 0 aliphatic rings. The number of aliphatic hydroxyl groups excluding tert-OH is 1. The maximum absolute atomic E-state index is 10.2. The molecule has 2 N–H and O–H groups in total. The van der Waals surface area contributed by atoms with Crippen LogP contribution in [-0.2, 0) is 4.79 Å². The van der Waals surface area contributed by atoms with Gasteiger partial charge in [-0.3, -0.25) is 0 Å². The van der Waals surface area contributed by atoms with Crippen LogP contribution in [0, 0.1) is 0 Å². The number of carbonyl (C=O) groups is 1. The Morgan fingerprint density at radius 2 is 1.75 bits per heavy atom. The second-order valence-corrected chi connectivity index (χ2v) is 2.15. The standard InChI is InChI=1S/C8H8O3.Ba.2H/c9-7(8(10)11)6-4-2-1-3-5-6;;;/h1-5,7,9H,(H,10,11);;;. The van der Waals surface area contributed by atoms with Crippen LogP contribution in [0.4, 0.5) is 0 Å². The van der Waals surface area contributed by atoms with Crippen LogP contribution in [-0.4, -0.2) is 65.1 Å². The van der Waals surface area contributed by atoms with Gasteiger partial charge in [-0.2, -0.15) is 0 Å². The molecule has 0 spiro atoms. The third-order valence-electron chi connectivity index (χ3n) is 1.35. The second kappa shape index (κ2) is 5.80. The Hall–Kier alpha value is 0.221. The molecular formula is C8H10BaO3. The Bertz CT molecular complexity index is 248. The van der Waals surface area contributed by atoms with E-state index in [9.17, 15) is 4.79 Å². The molecule has 0 saturated carbocycles. The van der Waals surface area contributed by atoms with Crippen molar-refractivity contribution < 1.29 is 15.0 Å². The van der Waals surface area contributed by atoms with E-state index in [-0.39, 0.29) is 48.9 Å². The summed E-state index contributed by atoms with van der Waals surface area (Å²) >= 11 is 0. The monoisotopic (exact) mass is 292 g/mol. The first-order chi connectivity index (χ1) is 5.22. The molecule has 1 unspecified atom stereocenters. The van der Waals surface area contributed by atoms with E-state index in [0.717, 1.165) is 0 Å². The molecule has 62 valence electrons. The average Bonchev–Trinajstić information content (AvgIpc) is 2.05. The van der Waals surface area contributed by atoms with E-state index in [2.05, 4.69) is 0 Å². The predicted octanol–water partition coefficient (Wildman–Crippen LogP) is -0.112. The Labute approximate surface area is 110 Å². The summed E-state index contributed by atoms with van der Waals surface area (Å²) in [5, 5.41) is 17.4. The molecular weight excluding hydrogens is 281 g/mol. The molecule has 1 aromatic carbocycles.